The number of rotatable bonds is 5. The molecule has 1 aliphatic rings. The van der Waals surface area contributed by atoms with Gasteiger partial charge in [0.15, 0.2) is 0 Å². The summed E-state index contributed by atoms with van der Waals surface area (Å²) in [6.07, 6.45) is 2.04. The number of aryl methyl sites for hydroxylation is 2. The van der Waals surface area contributed by atoms with Gasteiger partial charge in [-0.3, -0.25) is 4.79 Å². The molecule has 1 heterocycles. The van der Waals surface area contributed by atoms with Crippen LogP contribution in [0.2, 0.25) is 10.0 Å². The third-order valence-electron chi connectivity index (χ3n) is 5.25. The number of nitrogens with zero attached hydrogens (tertiary/aromatic N) is 1. The average molecular weight is 455 g/mol. The molecule has 1 amide bonds. The summed E-state index contributed by atoms with van der Waals surface area (Å²) in [6, 6.07) is 10.3. The van der Waals surface area contributed by atoms with E-state index in [0.29, 0.717) is 24.4 Å². The molecule has 29 heavy (non-hydrogen) atoms. The predicted molar refractivity (Wildman–Crippen MR) is 117 cm³/mol. The zero-order valence-electron chi connectivity index (χ0n) is 16.4. The number of amides is 1. The zero-order valence-corrected chi connectivity index (χ0v) is 18.7. The second kappa shape index (κ2) is 9.04. The third kappa shape index (κ3) is 4.77. The van der Waals surface area contributed by atoms with E-state index in [-0.39, 0.29) is 22.4 Å². The Morgan fingerprint density at radius 1 is 1.24 bits per heavy atom. The maximum absolute atomic E-state index is 13.1. The fourth-order valence-corrected chi connectivity index (χ4v) is 5.88. The summed E-state index contributed by atoms with van der Waals surface area (Å²) in [6.45, 7) is 4.45. The lowest BCUT2D eigenvalue weighted by Gasteiger charge is -2.31. The van der Waals surface area contributed by atoms with Crippen molar-refractivity contribution in [2.24, 2.45) is 5.92 Å². The van der Waals surface area contributed by atoms with Crippen molar-refractivity contribution >= 4 is 44.8 Å². The van der Waals surface area contributed by atoms with Crippen molar-refractivity contribution < 1.29 is 13.2 Å². The van der Waals surface area contributed by atoms with Gasteiger partial charge in [0, 0.05) is 23.8 Å². The van der Waals surface area contributed by atoms with E-state index in [9.17, 15) is 13.2 Å². The van der Waals surface area contributed by atoms with Crippen molar-refractivity contribution in [2.75, 3.05) is 18.4 Å². The minimum absolute atomic E-state index is 0.0279. The number of halogens is 2. The fraction of sp³-hybridized carbons (Fsp3) is 0.381. The molecule has 156 valence electrons. The summed E-state index contributed by atoms with van der Waals surface area (Å²) in [5.74, 6) is -0.591. The van der Waals surface area contributed by atoms with Gasteiger partial charge in [-0.2, -0.15) is 4.31 Å². The van der Waals surface area contributed by atoms with Crippen LogP contribution in [-0.2, 0) is 21.2 Å². The number of hydrogen-bond acceptors (Lipinski definition) is 3. The summed E-state index contributed by atoms with van der Waals surface area (Å²) in [5, 5.41) is 3.44. The topological polar surface area (TPSA) is 66.5 Å². The summed E-state index contributed by atoms with van der Waals surface area (Å²) >= 11 is 12.1. The maximum Gasteiger partial charge on any atom is 0.244 e. The van der Waals surface area contributed by atoms with Crippen LogP contribution in [0, 0.1) is 12.8 Å². The highest BCUT2D eigenvalue weighted by molar-refractivity contribution is 7.89. The summed E-state index contributed by atoms with van der Waals surface area (Å²) in [5.41, 5.74) is 2.87. The number of hydrogen-bond donors (Lipinski definition) is 1. The molecule has 0 saturated carbocycles. The molecule has 1 saturated heterocycles. The highest BCUT2D eigenvalue weighted by Crippen LogP contribution is 2.31. The number of benzene rings is 2. The van der Waals surface area contributed by atoms with Crippen molar-refractivity contribution in [3.8, 4) is 0 Å². The summed E-state index contributed by atoms with van der Waals surface area (Å²) < 4.78 is 27.5. The van der Waals surface area contributed by atoms with Gasteiger partial charge in [-0.05, 0) is 55.5 Å². The number of carbonyl (C=O) groups excluding carboxylic acids is 1. The molecule has 1 N–H and O–H groups in total. The standard InChI is InChI=1S/C21H24Cl2N2O3S/c1-3-15-7-4-6-14(2)20(15)24-21(26)16-8-5-11-25(13-16)29(27,28)19-12-17(22)9-10-18(19)23/h4,6-7,9-10,12,16H,3,5,8,11,13H2,1-2H3,(H,24,26)/t16-/m1/s1. The molecule has 0 aromatic heterocycles. The van der Waals surface area contributed by atoms with E-state index in [1.165, 1.54) is 16.4 Å². The number of para-hydroxylation sites is 1. The highest BCUT2D eigenvalue weighted by Gasteiger charge is 2.34. The lowest BCUT2D eigenvalue weighted by atomic mass is 9.98. The quantitative estimate of drug-likeness (QED) is 0.697. The molecule has 2 aromatic rings. The van der Waals surface area contributed by atoms with Crippen LogP contribution in [0.15, 0.2) is 41.3 Å². The number of piperidine rings is 1. The fourth-order valence-electron chi connectivity index (χ4n) is 3.62. The first kappa shape index (κ1) is 22.1. The summed E-state index contributed by atoms with van der Waals surface area (Å²) in [4.78, 5) is 12.9. The van der Waals surface area contributed by atoms with Gasteiger partial charge in [0.25, 0.3) is 0 Å². The molecule has 1 aliphatic heterocycles. The van der Waals surface area contributed by atoms with Gasteiger partial charge in [0.2, 0.25) is 15.9 Å². The molecule has 3 rings (SSSR count). The van der Waals surface area contributed by atoms with Gasteiger partial charge >= 0.3 is 0 Å². The Kier molecular flexibility index (Phi) is 6.89. The van der Waals surface area contributed by atoms with E-state index in [1.807, 2.05) is 32.0 Å². The van der Waals surface area contributed by atoms with Crippen molar-refractivity contribution in [3.05, 3.63) is 57.6 Å². The Labute approximate surface area is 182 Å². The number of anilines is 1. The second-order valence-corrected chi connectivity index (χ2v) is 9.98. The SMILES string of the molecule is CCc1cccc(C)c1NC(=O)[C@@H]1CCCN(S(=O)(=O)c2cc(Cl)ccc2Cl)C1. The van der Waals surface area contributed by atoms with Crippen LogP contribution in [-0.4, -0.2) is 31.7 Å². The first-order valence-electron chi connectivity index (χ1n) is 9.58. The zero-order chi connectivity index (χ0) is 21.2. The molecule has 0 aliphatic carbocycles. The van der Waals surface area contributed by atoms with Gasteiger partial charge in [0.1, 0.15) is 4.90 Å². The minimum atomic E-state index is -3.84. The van der Waals surface area contributed by atoms with Crippen LogP contribution in [0.1, 0.15) is 30.9 Å². The van der Waals surface area contributed by atoms with E-state index >= 15 is 0 Å². The monoisotopic (exact) mass is 454 g/mol. The molecule has 8 heteroatoms. The Bertz CT molecular complexity index is 1020. The van der Waals surface area contributed by atoms with Crippen LogP contribution in [0.25, 0.3) is 0 Å². The lowest BCUT2D eigenvalue weighted by molar-refractivity contribution is -0.120. The average Bonchev–Trinajstić information content (AvgIpc) is 2.71. The minimum Gasteiger partial charge on any atom is -0.325 e. The normalized spacial score (nSPS) is 17.9. The lowest BCUT2D eigenvalue weighted by Crippen LogP contribution is -2.43. The predicted octanol–water partition coefficient (Wildman–Crippen LogP) is 4.90. The van der Waals surface area contributed by atoms with E-state index < -0.39 is 15.9 Å². The van der Waals surface area contributed by atoms with Crippen LogP contribution in [0.4, 0.5) is 5.69 Å². The Balaban J connectivity index is 1.80. The molecular formula is C21H24Cl2N2O3S. The molecule has 5 nitrogen and oxygen atoms in total. The smallest absolute Gasteiger partial charge is 0.244 e. The van der Waals surface area contributed by atoms with Crippen LogP contribution in [0.3, 0.4) is 0 Å². The van der Waals surface area contributed by atoms with Crippen molar-refractivity contribution in [2.45, 2.75) is 38.0 Å². The van der Waals surface area contributed by atoms with Gasteiger partial charge in [-0.15, -0.1) is 0 Å². The molecule has 1 fully saturated rings. The van der Waals surface area contributed by atoms with E-state index in [1.54, 1.807) is 6.07 Å². The molecular weight excluding hydrogens is 431 g/mol. The second-order valence-electron chi connectivity index (χ2n) is 7.23. The maximum atomic E-state index is 13.1. The highest BCUT2D eigenvalue weighted by atomic mass is 35.5. The van der Waals surface area contributed by atoms with Crippen molar-refractivity contribution in [1.82, 2.24) is 4.31 Å². The van der Waals surface area contributed by atoms with Gasteiger partial charge in [-0.1, -0.05) is 48.3 Å². The molecule has 1 atom stereocenters. The molecule has 0 unspecified atom stereocenters. The van der Waals surface area contributed by atoms with E-state index in [2.05, 4.69) is 5.32 Å². The largest absolute Gasteiger partial charge is 0.325 e. The molecule has 2 aromatic carbocycles. The van der Waals surface area contributed by atoms with Gasteiger partial charge in [-0.25, -0.2) is 8.42 Å². The molecule has 0 spiro atoms. The van der Waals surface area contributed by atoms with Crippen LogP contribution < -0.4 is 5.32 Å². The van der Waals surface area contributed by atoms with Crippen molar-refractivity contribution in [1.29, 1.82) is 0 Å². The third-order valence-corrected chi connectivity index (χ3v) is 7.84. The first-order chi connectivity index (χ1) is 13.7. The van der Waals surface area contributed by atoms with Crippen LogP contribution in [0.5, 0.6) is 0 Å². The van der Waals surface area contributed by atoms with Gasteiger partial charge in [0.05, 0.1) is 10.9 Å². The van der Waals surface area contributed by atoms with E-state index in [0.717, 1.165) is 23.2 Å². The molecule has 0 bridgehead atoms. The number of carbonyl (C=O) groups is 1. The number of sulfonamides is 1. The van der Waals surface area contributed by atoms with E-state index in [4.69, 9.17) is 23.2 Å². The van der Waals surface area contributed by atoms with Gasteiger partial charge < -0.3 is 5.32 Å². The van der Waals surface area contributed by atoms with Crippen molar-refractivity contribution in [3.63, 3.8) is 0 Å². The van der Waals surface area contributed by atoms with Crippen LogP contribution >= 0.6 is 23.2 Å². The summed E-state index contributed by atoms with van der Waals surface area (Å²) in [7, 11) is -3.84. The Morgan fingerprint density at radius 2 is 2.00 bits per heavy atom. The Hall–Kier alpha value is -1.60. The molecule has 0 radical (unpaired) electrons. The first-order valence-corrected chi connectivity index (χ1v) is 11.8. The number of nitrogens with one attached hydrogen (secondary N) is 1. The Morgan fingerprint density at radius 3 is 2.72 bits per heavy atom.